The number of nitrogens with two attached hydrogens (primary N) is 1. The van der Waals surface area contributed by atoms with Crippen LogP contribution in [0.4, 0.5) is 4.39 Å². The minimum atomic E-state index is -0.286. The van der Waals surface area contributed by atoms with Crippen molar-refractivity contribution < 1.29 is 13.9 Å². The quantitative estimate of drug-likeness (QED) is 0.802. The summed E-state index contributed by atoms with van der Waals surface area (Å²) in [5.74, 6) is -0.680. The van der Waals surface area contributed by atoms with Crippen molar-refractivity contribution in [2.75, 3.05) is 13.2 Å². The predicted molar refractivity (Wildman–Crippen MR) is 60.5 cm³/mol. The molecule has 0 saturated carbocycles. The maximum atomic E-state index is 12.7. The van der Waals surface area contributed by atoms with E-state index in [9.17, 15) is 9.18 Å². The fraction of sp³-hybridized carbons (Fsp3) is 0.417. The molecule has 3 N–H and O–H groups in total. The Bertz CT molecular complexity index is 394. The summed E-state index contributed by atoms with van der Waals surface area (Å²) in [6.45, 7) is 1.17. The van der Waals surface area contributed by atoms with Crippen LogP contribution < -0.4 is 11.1 Å². The van der Waals surface area contributed by atoms with Crippen molar-refractivity contribution in [3.63, 3.8) is 0 Å². The molecule has 0 spiro atoms. The molecule has 1 fully saturated rings. The predicted octanol–water partition coefficient (Wildman–Crippen LogP) is 0.416. The third-order valence-electron chi connectivity index (χ3n) is 2.84. The van der Waals surface area contributed by atoms with Crippen LogP contribution in [0.2, 0.25) is 0 Å². The molecule has 5 heteroatoms. The molecule has 1 aromatic rings. The fourth-order valence-corrected chi connectivity index (χ4v) is 1.76. The molecule has 1 amide bonds. The van der Waals surface area contributed by atoms with Crippen LogP contribution in [0.25, 0.3) is 0 Å². The highest BCUT2D eigenvalue weighted by molar-refractivity contribution is 5.79. The molecule has 2 unspecified atom stereocenters. The Morgan fingerprint density at radius 3 is 2.71 bits per heavy atom. The van der Waals surface area contributed by atoms with Gasteiger partial charge in [0.1, 0.15) is 5.82 Å². The van der Waals surface area contributed by atoms with Crippen LogP contribution in [0.15, 0.2) is 24.3 Å². The number of carbonyl (C=O) groups excluding carboxylic acids is 1. The largest absolute Gasteiger partial charge is 0.379 e. The van der Waals surface area contributed by atoms with Gasteiger partial charge in [-0.2, -0.15) is 0 Å². The maximum Gasteiger partial charge on any atom is 0.227 e. The lowest BCUT2D eigenvalue weighted by molar-refractivity contribution is -0.125. The number of ether oxygens (including phenoxy) is 1. The van der Waals surface area contributed by atoms with Gasteiger partial charge in [0, 0.05) is 12.6 Å². The first kappa shape index (κ1) is 12.0. The average molecular weight is 238 g/mol. The minimum absolute atomic E-state index is 0.112. The molecular weight excluding hydrogens is 223 g/mol. The smallest absolute Gasteiger partial charge is 0.227 e. The zero-order chi connectivity index (χ0) is 12.3. The average Bonchev–Trinajstić information content (AvgIpc) is 2.74. The Morgan fingerprint density at radius 1 is 1.41 bits per heavy atom. The summed E-state index contributed by atoms with van der Waals surface area (Å²) in [5.41, 5.74) is 6.59. The summed E-state index contributed by atoms with van der Waals surface area (Å²) in [6.07, 6.45) is 0. The van der Waals surface area contributed by atoms with E-state index in [-0.39, 0.29) is 23.7 Å². The lowest BCUT2D eigenvalue weighted by Crippen LogP contribution is -2.40. The number of carbonyl (C=O) groups is 1. The zero-order valence-electron chi connectivity index (χ0n) is 9.36. The Labute approximate surface area is 98.9 Å². The van der Waals surface area contributed by atoms with Crippen LogP contribution in [0, 0.1) is 11.7 Å². The van der Waals surface area contributed by atoms with Gasteiger partial charge in [-0.3, -0.25) is 4.79 Å². The lowest BCUT2D eigenvalue weighted by Gasteiger charge is -2.13. The van der Waals surface area contributed by atoms with Crippen LogP contribution in [-0.4, -0.2) is 25.2 Å². The number of amides is 1. The molecule has 1 aromatic carbocycles. The molecule has 1 aliphatic rings. The number of rotatable bonds is 3. The highest BCUT2D eigenvalue weighted by atomic mass is 19.1. The van der Waals surface area contributed by atoms with Gasteiger partial charge in [0.2, 0.25) is 5.91 Å². The second kappa shape index (κ2) is 5.25. The van der Waals surface area contributed by atoms with E-state index in [1.165, 1.54) is 12.1 Å². The van der Waals surface area contributed by atoms with E-state index in [4.69, 9.17) is 10.5 Å². The van der Waals surface area contributed by atoms with Gasteiger partial charge < -0.3 is 15.8 Å². The molecule has 0 aromatic heterocycles. The van der Waals surface area contributed by atoms with Crippen molar-refractivity contribution in [1.29, 1.82) is 0 Å². The summed E-state index contributed by atoms with van der Waals surface area (Å²) >= 11 is 0. The van der Waals surface area contributed by atoms with Crippen molar-refractivity contribution in [2.24, 2.45) is 11.7 Å². The van der Waals surface area contributed by atoms with E-state index in [0.29, 0.717) is 19.8 Å². The number of halogens is 1. The summed E-state index contributed by atoms with van der Waals surface area (Å²) in [7, 11) is 0. The summed E-state index contributed by atoms with van der Waals surface area (Å²) in [6, 6.07) is 5.78. The van der Waals surface area contributed by atoms with Crippen LogP contribution in [-0.2, 0) is 16.1 Å². The Hall–Kier alpha value is -1.46. The summed E-state index contributed by atoms with van der Waals surface area (Å²) < 4.78 is 17.8. The van der Waals surface area contributed by atoms with E-state index in [1.807, 2.05) is 0 Å². The first-order valence-corrected chi connectivity index (χ1v) is 5.52. The van der Waals surface area contributed by atoms with Gasteiger partial charge in [-0.15, -0.1) is 0 Å². The highest BCUT2D eigenvalue weighted by Crippen LogP contribution is 2.12. The minimum Gasteiger partial charge on any atom is -0.379 e. The van der Waals surface area contributed by atoms with Crippen molar-refractivity contribution in [2.45, 2.75) is 12.6 Å². The molecular formula is C12H15FN2O2. The Kier molecular flexibility index (Phi) is 3.71. The zero-order valence-corrected chi connectivity index (χ0v) is 9.36. The molecule has 2 rings (SSSR count). The highest BCUT2D eigenvalue weighted by Gasteiger charge is 2.30. The van der Waals surface area contributed by atoms with Crippen LogP contribution in [0.1, 0.15) is 5.56 Å². The van der Waals surface area contributed by atoms with Gasteiger partial charge >= 0.3 is 0 Å². The van der Waals surface area contributed by atoms with E-state index in [2.05, 4.69) is 5.32 Å². The molecule has 0 radical (unpaired) electrons. The third kappa shape index (κ3) is 3.01. The van der Waals surface area contributed by atoms with E-state index >= 15 is 0 Å². The van der Waals surface area contributed by atoms with Crippen LogP contribution in [0.5, 0.6) is 0 Å². The van der Waals surface area contributed by atoms with Gasteiger partial charge in [-0.05, 0) is 17.7 Å². The SMILES string of the molecule is NC1COCC1C(=O)NCc1ccc(F)cc1. The molecule has 1 saturated heterocycles. The first-order valence-electron chi connectivity index (χ1n) is 5.52. The molecule has 0 aliphatic carbocycles. The number of hydrogen-bond acceptors (Lipinski definition) is 3. The second-order valence-corrected chi connectivity index (χ2v) is 4.15. The maximum absolute atomic E-state index is 12.7. The topological polar surface area (TPSA) is 64.3 Å². The van der Waals surface area contributed by atoms with Gasteiger partial charge in [-0.25, -0.2) is 4.39 Å². The van der Waals surface area contributed by atoms with E-state index in [0.717, 1.165) is 5.56 Å². The second-order valence-electron chi connectivity index (χ2n) is 4.15. The molecule has 2 atom stereocenters. The molecule has 1 heterocycles. The standard InChI is InChI=1S/C12H15FN2O2/c13-9-3-1-8(2-4-9)5-15-12(16)10-6-17-7-11(10)14/h1-4,10-11H,5-7,14H2,(H,15,16). The van der Waals surface area contributed by atoms with E-state index in [1.54, 1.807) is 12.1 Å². The van der Waals surface area contributed by atoms with Gasteiger partial charge in [0.15, 0.2) is 0 Å². The van der Waals surface area contributed by atoms with Gasteiger partial charge in [0.25, 0.3) is 0 Å². The van der Waals surface area contributed by atoms with Crippen LogP contribution >= 0.6 is 0 Å². The van der Waals surface area contributed by atoms with E-state index < -0.39 is 0 Å². The van der Waals surface area contributed by atoms with Crippen LogP contribution in [0.3, 0.4) is 0 Å². The Morgan fingerprint density at radius 2 is 2.12 bits per heavy atom. The van der Waals surface area contributed by atoms with Gasteiger partial charge in [0.05, 0.1) is 19.1 Å². The lowest BCUT2D eigenvalue weighted by atomic mass is 10.0. The van der Waals surface area contributed by atoms with Crippen molar-refractivity contribution in [3.05, 3.63) is 35.6 Å². The summed E-state index contributed by atoms with van der Waals surface area (Å²) in [4.78, 5) is 11.8. The Balaban J connectivity index is 1.85. The molecule has 1 aliphatic heterocycles. The molecule has 4 nitrogen and oxygen atoms in total. The number of benzene rings is 1. The normalized spacial score (nSPS) is 23.6. The monoisotopic (exact) mass is 238 g/mol. The van der Waals surface area contributed by atoms with Crippen molar-refractivity contribution in [3.8, 4) is 0 Å². The number of hydrogen-bond donors (Lipinski definition) is 2. The number of nitrogens with one attached hydrogen (secondary N) is 1. The first-order chi connectivity index (χ1) is 8.16. The third-order valence-corrected chi connectivity index (χ3v) is 2.84. The fourth-order valence-electron chi connectivity index (χ4n) is 1.76. The van der Waals surface area contributed by atoms with Crippen molar-refractivity contribution in [1.82, 2.24) is 5.32 Å². The van der Waals surface area contributed by atoms with Gasteiger partial charge in [-0.1, -0.05) is 12.1 Å². The molecule has 17 heavy (non-hydrogen) atoms. The molecule has 92 valence electrons. The summed E-state index contributed by atoms with van der Waals surface area (Å²) in [5, 5.41) is 2.77. The molecule has 0 bridgehead atoms. The van der Waals surface area contributed by atoms with Crippen molar-refractivity contribution >= 4 is 5.91 Å².